The van der Waals surface area contributed by atoms with Crippen LogP contribution in [0, 0.1) is 17.3 Å². The highest BCUT2D eigenvalue weighted by molar-refractivity contribution is 5.87. The molecule has 0 spiro atoms. The number of carbonyl (C=O) groups excluding carboxylic acids is 1. The molecule has 72 valence electrons. The first-order valence-electron chi connectivity index (χ1n) is 5.28. The number of carbonyl (C=O) groups is 1. The van der Waals surface area contributed by atoms with Gasteiger partial charge in [0.15, 0.2) is 0 Å². The van der Waals surface area contributed by atoms with Gasteiger partial charge in [0, 0.05) is 12.3 Å². The molecule has 0 N–H and O–H groups in total. The summed E-state index contributed by atoms with van der Waals surface area (Å²) in [5.41, 5.74) is 1.50. The van der Waals surface area contributed by atoms with Gasteiger partial charge in [-0.15, -0.1) is 0 Å². The Bertz CT molecular complexity index is 264. The Labute approximate surface area is 80.2 Å². The lowest BCUT2D eigenvalue weighted by Gasteiger charge is -2.56. The van der Waals surface area contributed by atoms with Crippen molar-refractivity contribution in [3.8, 4) is 0 Å². The van der Waals surface area contributed by atoms with E-state index in [1.54, 1.807) is 0 Å². The Hall–Kier alpha value is -0.590. The van der Waals surface area contributed by atoms with E-state index >= 15 is 0 Å². The van der Waals surface area contributed by atoms with Crippen LogP contribution in [-0.4, -0.2) is 5.78 Å². The van der Waals surface area contributed by atoms with Gasteiger partial charge in [0.2, 0.25) is 0 Å². The van der Waals surface area contributed by atoms with E-state index in [1.165, 1.54) is 12.0 Å². The monoisotopic (exact) mass is 178 g/mol. The first-order valence-corrected chi connectivity index (χ1v) is 5.28. The third-order valence-electron chi connectivity index (χ3n) is 4.08. The van der Waals surface area contributed by atoms with Crippen molar-refractivity contribution in [2.24, 2.45) is 17.3 Å². The van der Waals surface area contributed by atoms with Crippen molar-refractivity contribution in [3.63, 3.8) is 0 Å². The van der Waals surface area contributed by atoms with Crippen molar-refractivity contribution < 1.29 is 4.79 Å². The lowest BCUT2D eigenvalue weighted by atomic mass is 9.47. The molecule has 0 radical (unpaired) electrons. The molecule has 1 nitrogen and oxygen atoms in total. The van der Waals surface area contributed by atoms with Crippen molar-refractivity contribution in [3.05, 3.63) is 12.2 Å². The Morgan fingerprint density at radius 1 is 1.54 bits per heavy atom. The van der Waals surface area contributed by atoms with Crippen LogP contribution in [0.5, 0.6) is 0 Å². The Morgan fingerprint density at radius 2 is 2.23 bits per heavy atom. The van der Waals surface area contributed by atoms with E-state index in [9.17, 15) is 4.79 Å². The third kappa shape index (κ3) is 1.02. The van der Waals surface area contributed by atoms with Gasteiger partial charge in [0.1, 0.15) is 5.78 Å². The van der Waals surface area contributed by atoms with Crippen LogP contribution in [0.4, 0.5) is 0 Å². The summed E-state index contributed by atoms with van der Waals surface area (Å²) in [5.74, 6) is 1.31. The molecule has 2 aliphatic rings. The summed E-state index contributed by atoms with van der Waals surface area (Å²) in [6.45, 7) is 8.50. The molecule has 0 bridgehead atoms. The maximum atomic E-state index is 11.7. The number of hydrogen-bond donors (Lipinski definition) is 0. The lowest BCUT2D eigenvalue weighted by molar-refractivity contribution is -0.136. The minimum atomic E-state index is 0.223. The third-order valence-corrected chi connectivity index (χ3v) is 4.08. The molecule has 0 aromatic heterocycles. The number of ketones is 1. The predicted octanol–water partition coefficient (Wildman–Crippen LogP) is 2.96. The van der Waals surface area contributed by atoms with Crippen molar-refractivity contribution in [1.29, 1.82) is 0 Å². The summed E-state index contributed by atoms with van der Waals surface area (Å²) in [7, 11) is 0. The minimum Gasteiger partial charge on any atom is -0.299 e. The van der Waals surface area contributed by atoms with Gasteiger partial charge in [0.05, 0.1) is 0 Å². The standard InChI is InChI=1S/C12H18O/c1-8(2)12-6-4-5-10(13)11(12)9(3)7-12/h8,11H,3-7H2,1-2H3. The minimum absolute atomic E-state index is 0.223. The molecule has 2 rings (SSSR count). The van der Waals surface area contributed by atoms with Crippen LogP contribution in [-0.2, 0) is 4.79 Å². The summed E-state index contributed by atoms with van der Waals surface area (Å²) < 4.78 is 0. The highest BCUT2D eigenvalue weighted by Crippen LogP contribution is 2.60. The van der Waals surface area contributed by atoms with Gasteiger partial charge in [-0.2, -0.15) is 0 Å². The highest BCUT2D eigenvalue weighted by atomic mass is 16.1. The molecule has 0 saturated heterocycles. The summed E-state index contributed by atoms with van der Waals surface area (Å²) in [5, 5.41) is 0. The summed E-state index contributed by atoms with van der Waals surface area (Å²) in [6.07, 6.45) is 4.22. The zero-order valence-corrected chi connectivity index (χ0v) is 8.60. The zero-order chi connectivity index (χ0) is 9.64. The van der Waals surface area contributed by atoms with Gasteiger partial charge in [-0.05, 0) is 30.6 Å². The molecule has 1 heteroatoms. The van der Waals surface area contributed by atoms with E-state index in [2.05, 4.69) is 20.4 Å². The number of rotatable bonds is 1. The van der Waals surface area contributed by atoms with Crippen LogP contribution in [0.25, 0.3) is 0 Å². The maximum Gasteiger partial charge on any atom is 0.140 e. The summed E-state index contributed by atoms with van der Waals surface area (Å²) in [6, 6.07) is 0. The maximum absolute atomic E-state index is 11.7. The van der Waals surface area contributed by atoms with Crippen LogP contribution in [0.1, 0.15) is 39.5 Å². The van der Waals surface area contributed by atoms with E-state index in [1.807, 2.05) is 0 Å². The Balaban J connectivity index is 2.28. The van der Waals surface area contributed by atoms with E-state index < -0.39 is 0 Å². The smallest absolute Gasteiger partial charge is 0.140 e. The SMILES string of the molecule is C=C1CC2(C(C)C)CCCC(=O)C12. The molecule has 2 atom stereocenters. The van der Waals surface area contributed by atoms with E-state index in [0.29, 0.717) is 17.1 Å². The first-order chi connectivity index (χ1) is 6.08. The van der Waals surface area contributed by atoms with Crippen LogP contribution in [0.3, 0.4) is 0 Å². The second-order valence-corrected chi connectivity index (χ2v) is 4.98. The quantitative estimate of drug-likeness (QED) is 0.564. The molecule has 2 unspecified atom stereocenters. The molecule has 0 aromatic rings. The lowest BCUT2D eigenvalue weighted by Crippen LogP contribution is -2.52. The van der Waals surface area contributed by atoms with Crippen molar-refractivity contribution in [2.45, 2.75) is 39.5 Å². The van der Waals surface area contributed by atoms with Crippen molar-refractivity contribution in [2.75, 3.05) is 0 Å². The van der Waals surface area contributed by atoms with Crippen LogP contribution >= 0.6 is 0 Å². The molecule has 0 heterocycles. The Morgan fingerprint density at radius 3 is 2.69 bits per heavy atom. The predicted molar refractivity (Wildman–Crippen MR) is 53.4 cm³/mol. The summed E-state index contributed by atoms with van der Waals surface area (Å²) >= 11 is 0. The number of fused-ring (bicyclic) bond motifs is 1. The average molecular weight is 178 g/mol. The fourth-order valence-electron chi connectivity index (χ4n) is 3.25. The topological polar surface area (TPSA) is 17.1 Å². The van der Waals surface area contributed by atoms with Crippen LogP contribution < -0.4 is 0 Å². The van der Waals surface area contributed by atoms with Crippen LogP contribution in [0.2, 0.25) is 0 Å². The second kappa shape index (κ2) is 2.70. The number of Topliss-reactive ketones (excluding diaryl/α,β-unsaturated/α-hetero) is 1. The molecular formula is C12H18O. The largest absolute Gasteiger partial charge is 0.299 e. The van der Waals surface area contributed by atoms with Gasteiger partial charge < -0.3 is 0 Å². The van der Waals surface area contributed by atoms with Crippen molar-refractivity contribution in [1.82, 2.24) is 0 Å². The van der Waals surface area contributed by atoms with E-state index in [4.69, 9.17) is 0 Å². The highest BCUT2D eigenvalue weighted by Gasteiger charge is 2.55. The molecule has 0 aromatic carbocycles. The molecule has 0 aliphatic heterocycles. The first kappa shape index (κ1) is 8.98. The molecule has 2 saturated carbocycles. The van der Waals surface area contributed by atoms with E-state index in [-0.39, 0.29) is 5.92 Å². The van der Waals surface area contributed by atoms with Gasteiger partial charge in [-0.3, -0.25) is 4.79 Å². The molecule has 0 amide bonds. The molecular weight excluding hydrogens is 160 g/mol. The van der Waals surface area contributed by atoms with Crippen LogP contribution in [0.15, 0.2) is 12.2 Å². The fraction of sp³-hybridized carbons (Fsp3) is 0.750. The van der Waals surface area contributed by atoms with Gasteiger partial charge >= 0.3 is 0 Å². The van der Waals surface area contributed by atoms with Gasteiger partial charge in [-0.25, -0.2) is 0 Å². The second-order valence-electron chi connectivity index (χ2n) is 4.98. The van der Waals surface area contributed by atoms with E-state index in [0.717, 1.165) is 19.3 Å². The van der Waals surface area contributed by atoms with Crippen molar-refractivity contribution >= 4 is 5.78 Å². The molecule has 2 fully saturated rings. The molecule has 2 aliphatic carbocycles. The summed E-state index contributed by atoms with van der Waals surface area (Å²) in [4.78, 5) is 11.7. The number of hydrogen-bond acceptors (Lipinski definition) is 1. The van der Waals surface area contributed by atoms with Gasteiger partial charge in [-0.1, -0.05) is 26.0 Å². The fourth-order valence-corrected chi connectivity index (χ4v) is 3.25. The number of allylic oxidation sites excluding steroid dienone is 1. The normalized spacial score (nSPS) is 38.8. The zero-order valence-electron chi connectivity index (χ0n) is 8.60. The Kier molecular flexibility index (Phi) is 1.86. The molecule has 13 heavy (non-hydrogen) atoms. The van der Waals surface area contributed by atoms with Gasteiger partial charge in [0.25, 0.3) is 0 Å². The average Bonchev–Trinajstić information content (AvgIpc) is 2.00.